The van der Waals surface area contributed by atoms with Crippen molar-refractivity contribution in [1.82, 2.24) is 4.57 Å². The largest absolute Gasteiger partial charge is 0.488 e. The van der Waals surface area contributed by atoms with Crippen molar-refractivity contribution in [3.8, 4) is 5.75 Å². The molecule has 0 aliphatic rings. The van der Waals surface area contributed by atoms with Crippen LogP contribution in [0.15, 0.2) is 48.7 Å². The van der Waals surface area contributed by atoms with Crippen LogP contribution < -0.4 is 4.74 Å². The fraction of sp³-hybridized carbons (Fsp3) is 0.176. The van der Waals surface area contributed by atoms with Gasteiger partial charge in [-0.05, 0) is 46.7 Å². The molecule has 0 aliphatic heterocycles. The fourth-order valence-corrected chi connectivity index (χ4v) is 3.46. The minimum atomic E-state index is 0.601. The lowest BCUT2D eigenvalue weighted by molar-refractivity contribution is 0.310. The number of benzene rings is 2. The number of ether oxygens (including phenoxy) is 1. The van der Waals surface area contributed by atoms with Crippen molar-refractivity contribution in [3.63, 3.8) is 0 Å². The number of nitrogens with zero attached hydrogens (tertiary/aromatic N) is 1. The molecular formula is C17H16INO. The maximum atomic E-state index is 6.04. The van der Waals surface area contributed by atoms with E-state index in [1.54, 1.807) is 0 Å². The zero-order valence-electron chi connectivity index (χ0n) is 11.6. The molecule has 20 heavy (non-hydrogen) atoms. The molecule has 0 aliphatic carbocycles. The topological polar surface area (TPSA) is 14.2 Å². The number of rotatable bonds is 3. The Morgan fingerprint density at radius 3 is 2.60 bits per heavy atom. The van der Waals surface area contributed by atoms with E-state index in [1.807, 2.05) is 18.2 Å². The van der Waals surface area contributed by atoms with E-state index in [4.69, 9.17) is 4.74 Å². The van der Waals surface area contributed by atoms with Crippen molar-refractivity contribution in [3.05, 3.63) is 63.4 Å². The Morgan fingerprint density at radius 2 is 1.85 bits per heavy atom. The summed E-state index contributed by atoms with van der Waals surface area (Å²) in [5.74, 6) is 0.958. The molecule has 3 aromatic rings. The van der Waals surface area contributed by atoms with Gasteiger partial charge in [0.1, 0.15) is 12.4 Å². The zero-order chi connectivity index (χ0) is 14.1. The Hall–Kier alpha value is -1.49. The molecule has 3 rings (SSSR count). The summed E-state index contributed by atoms with van der Waals surface area (Å²) >= 11 is 2.37. The smallest absolute Gasteiger partial charge is 0.130 e. The minimum absolute atomic E-state index is 0.601. The third-order valence-corrected chi connectivity index (χ3v) is 4.30. The van der Waals surface area contributed by atoms with Gasteiger partial charge in [0, 0.05) is 16.8 Å². The first-order valence-electron chi connectivity index (χ1n) is 6.57. The van der Waals surface area contributed by atoms with Crippen molar-refractivity contribution in [2.45, 2.75) is 13.5 Å². The third-order valence-electron chi connectivity index (χ3n) is 3.48. The average Bonchev–Trinajstić information content (AvgIpc) is 2.76. The Morgan fingerprint density at radius 1 is 1.10 bits per heavy atom. The van der Waals surface area contributed by atoms with Gasteiger partial charge in [0.15, 0.2) is 0 Å². The summed E-state index contributed by atoms with van der Waals surface area (Å²) in [6.07, 6.45) is 2.15. The van der Waals surface area contributed by atoms with Gasteiger partial charge in [0.25, 0.3) is 0 Å². The molecule has 0 radical (unpaired) electrons. The summed E-state index contributed by atoms with van der Waals surface area (Å²) < 4.78 is 9.43. The lowest BCUT2D eigenvalue weighted by Gasteiger charge is -2.10. The second kappa shape index (κ2) is 5.48. The van der Waals surface area contributed by atoms with Crippen molar-refractivity contribution >= 4 is 33.5 Å². The van der Waals surface area contributed by atoms with Crippen LogP contribution in [0.25, 0.3) is 10.9 Å². The fourth-order valence-electron chi connectivity index (χ4n) is 2.52. The molecule has 0 N–H and O–H groups in total. The predicted octanol–water partition coefficient (Wildman–Crippen LogP) is 4.67. The predicted molar refractivity (Wildman–Crippen MR) is 91.1 cm³/mol. The summed E-state index contributed by atoms with van der Waals surface area (Å²) in [5.41, 5.74) is 3.71. The summed E-state index contributed by atoms with van der Waals surface area (Å²) in [4.78, 5) is 0. The normalized spacial score (nSPS) is 10.9. The van der Waals surface area contributed by atoms with Gasteiger partial charge in [-0.3, -0.25) is 0 Å². The van der Waals surface area contributed by atoms with E-state index in [0.717, 1.165) is 5.75 Å². The Kier molecular flexibility index (Phi) is 3.70. The molecule has 3 heteroatoms. The molecule has 0 fully saturated rings. The first-order chi connectivity index (χ1) is 9.66. The van der Waals surface area contributed by atoms with E-state index in [9.17, 15) is 0 Å². The van der Waals surface area contributed by atoms with Gasteiger partial charge in [-0.15, -0.1) is 0 Å². The van der Waals surface area contributed by atoms with E-state index in [2.05, 4.69) is 71.6 Å². The molecule has 2 nitrogen and oxygen atoms in total. The Balaban J connectivity index is 1.98. The van der Waals surface area contributed by atoms with Crippen LogP contribution in [0.3, 0.4) is 0 Å². The lowest BCUT2D eigenvalue weighted by Crippen LogP contribution is -1.96. The first-order valence-corrected chi connectivity index (χ1v) is 7.65. The Bertz CT molecular complexity index is 747. The molecule has 0 saturated carbocycles. The van der Waals surface area contributed by atoms with E-state index in [1.165, 1.54) is 25.6 Å². The van der Waals surface area contributed by atoms with E-state index in [-0.39, 0.29) is 0 Å². The molecule has 0 bridgehead atoms. The van der Waals surface area contributed by atoms with Crippen LogP contribution in [0.5, 0.6) is 5.75 Å². The standard InChI is InChI=1S/C17H16INO/c1-12-8-9-15(16-14(18)10-19(2)17(12)16)20-11-13-6-4-3-5-7-13/h3-10H,11H2,1-2H3. The molecular weight excluding hydrogens is 361 g/mol. The quantitative estimate of drug-likeness (QED) is 0.605. The van der Waals surface area contributed by atoms with Gasteiger partial charge < -0.3 is 9.30 Å². The zero-order valence-corrected chi connectivity index (χ0v) is 13.7. The van der Waals surface area contributed by atoms with Gasteiger partial charge in [0.2, 0.25) is 0 Å². The molecule has 102 valence electrons. The van der Waals surface area contributed by atoms with Crippen LogP contribution in [-0.2, 0) is 13.7 Å². The Labute approximate surface area is 132 Å². The molecule has 0 atom stereocenters. The highest BCUT2D eigenvalue weighted by Crippen LogP contribution is 2.33. The number of halogens is 1. The number of fused-ring (bicyclic) bond motifs is 1. The molecule has 0 saturated heterocycles. The third kappa shape index (κ3) is 2.42. The number of aryl methyl sites for hydroxylation is 2. The van der Waals surface area contributed by atoms with E-state index < -0.39 is 0 Å². The highest BCUT2D eigenvalue weighted by molar-refractivity contribution is 14.1. The highest BCUT2D eigenvalue weighted by Gasteiger charge is 2.12. The van der Waals surface area contributed by atoms with Crippen molar-refractivity contribution < 1.29 is 4.74 Å². The number of hydrogen-bond donors (Lipinski definition) is 0. The van der Waals surface area contributed by atoms with Crippen molar-refractivity contribution in [1.29, 1.82) is 0 Å². The molecule has 0 amide bonds. The maximum absolute atomic E-state index is 6.04. The number of aromatic nitrogens is 1. The van der Waals surface area contributed by atoms with Crippen LogP contribution >= 0.6 is 22.6 Å². The molecule has 0 spiro atoms. The molecule has 2 aromatic carbocycles. The van der Waals surface area contributed by atoms with E-state index >= 15 is 0 Å². The summed E-state index contributed by atoms with van der Waals surface area (Å²) in [6, 6.07) is 14.5. The van der Waals surface area contributed by atoms with E-state index in [0.29, 0.717) is 6.61 Å². The van der Waals surface area contributed by atoms with Crippen LogP contribution in [0.4, 0.5) is 0 Å². The second-order valence-corrected chi connectivity index (χ2v) is 6.13. The summed E-state index contributed by atoms with van der Waals surface area (Å²) in [7, 11) is 2.08. The SMILES string of the molecule is Cc1ccc(OCc2ccccc2)c2c(I)cn(C)c12. The van der Waals surface area contributed by atoms with Crippen LogP contribution in [0, 0.1) is 10.5 Å². The summed E-state index contributed by atoms with van der Waals surface area (Å²) in [6.45, 7) is 2.74. The second-order valence-electron chi connectivity index (χ2n) is 4.97. The average molecular weight is 377 g/mol. The molecule has 1 aromatic heterocycles. The monoisotopic (exact) mass is 377 g/mol. The molecule has 0 unspecified atom stereocenters. The highest BCUT2D eigenvalue weighted by atomic mass is 127. The first kappa shape index (κ1) is 13.5. The van der Waals surface area contributed by atoms with Gasteiger partial charge in [-0.1, -0.05) is 36.4 Å². The minimum Gasteiger partial charge on any atom is -0.488 e. The maximum Gasteiger partial charge on any atom is 0.130 e. The lowest BCUT2D eigenvalue weighted by atomic mass is 10.1. The van der Waals surface area contributed by atoms with Gasteiger partial charge in [0.05, 0.1) is 10.9 Å². The molecule has 1 heterocycles. The van der Waals surface area contributed by atoms with Gasteiger partial charge in [-0.25, -0.2) is 0 Å². The van der Waals surface area contributed by atoms with Crippen LogP contribution in [-0.4, -0.2) is 4.57 Å². The van der Waals surface area contributed by atoms with Crippen molar-refractivity contribution in [2.75, 3.05) is 0 Å². The summed E-state index contributed by atoms with van der Waals surface area (Å²) in [5, 5.41) is 1.21. The van der Waals surface area contributed by atoms with Gasteiger partial charge >= 0.3 is 0 Å². The van der Waals surface area contributed by atoms with Crippen LogP contribution in [0.2, 0.25) is 0 Å². The number of hydrogen-bond acceptors (Lipinski definition) is 1. The van der Waals surface area contributed by atoms with Crippen LogP contribution in [0.1, 0.15) is 11.1 Å². The van der Waals surface area contributed by atoms with Gasteiger partial charge in [-0.2, -0.15) is 0 Å². The van der Waals surface area contributed by atoms with Crippen molar-refractivity contribution in [2.24, 2.45) is 7.05 Å².